The summed E-state index contributed by atoms with van der Waals surface area (Å²) in [5.74, 6) is 0. The van der Waals surface area contributed by atoms with E-state index in [1.54, 1.807) is 0 Å². The van der Waals surface area contributed by atoms with Gasteiger partial charge in [0.15, 0.2) is 0 Å². The molecule has 3 nitrogen and oxygen atoms in total. The summed E-state index contributed by atoms with van der Waals surface area (Å²) in [5.41, 5.74) is 1.27. The van der Waals surface area contributed by atoms with E-state index >= 15 is 0 Å². The van der Waals surface area contributed by atoms with Crippen molar-refractivity contribution in [3.8, 4) is 0 Å². The van der Waals surface area contributed by atoms with Gasteiger partial charge in [-0.15, -0.1) is 0 Å². The number of piperidine rings is 1. The van der Waals surface area contributed by atoms with Crippen LogP contribution in [0.4, 0.5) is 0 Å². The molecule has 1 saturated heterocycles. The van der Waals surface area contributed by atoms with E-state index in [1.165, 1.54) is 37.8 Å². The Morgan fingerprint density at radius 1 is 1.47 bits per heavy atom. The maximum Gasteiger partial charge on any atom is 0.0312 e. The average molecular weight is 233 g/mol. The number of likely N-dealkylation sites (tertiary alicyclic amines) is 1. The quantitative estimate of drug-likeness (QED) is 0.789. The standard InChI is InChI=1S/C14H23N3/c1-17-10-3-2-6-14(17)7-9-16-12-13-5-4-8-15-11-13/h4-5,8,11,14,16H,2-3,6-7,9-10,12H2,1H3. The fourth-order valence-corrected chi connectivity index (χ4v) is 2.51. The zero-order valence-electron chi connectivity index (χ0n) is 10.7. The van der Waals surface area contributed by atoms with Crippen molar-refractivity contribution >= 4 is 0 Å². The summed E-state index contributed by atoms with van der Waals surface area (Å²) in [6.45, 7) is 3.31. The minimum atomic E-state index is 0.783. The first-order chi connectivity index (χ1) is 8.36. The minimum absolute atomic E-state index is 0.783. The summed E-state index contributed by atoms with van der Waals surface area (Å²) < 4.78 is 0. The Morgan fingerprint density at radius 3 is 3.18 bits per heavy atom. The first-order valence-corrected chi connectivity index (χ1v) is 6.66. The van der Waals surface area contributed by atoms with Gasteiger partial charge in [0, 0.05) is 25.0 Å². The van der Waals surface area contributed by atoms with E-state index in [-0.39, 0.29) is 0 Å². The van der Waals surface area contributed by atoms with Crippen LogP contribution < -0.4 is 5.32 Å². The van der Waals surface area contributed by atoms with Gasteiger partial charge in [-0.05, 0) is 51.0 Å². The largest absolute Gasteiger partial charge is 0.313 e. The Hall–Kier alpha value is -0.930. The van der Waals surface area contributed by atoms with E-state index in [0.717, 1.165) is 19.1 Å². The van der Waals surface area contributed by atoms with E-state index in [2.05, 4.69) is 28.3 Å². The second kappa shape index (κ2) is 6.72. The summed E-state index contributed by atoms with van der Waals surface area (Å²) in [6.07, 6.45) is 9.15. The minimum Gasteiger partial charge on any atom is -0.313 e. The van der Waals surface area contributed by atoms with Gasteiger partial charge in [-0.2, -0.15) is 0 Å². The summed E-state index contributed by atoms with van der Waals surface area (Å²) >= 11 is 0. The fraction of sp³-hybridized carbons (Fsp3) is 0.643. The highest BCUT2D eigenvalue weighted by Gasteiger charge is 2.17. The second-order valence-corrected chi connectivity index (χ2v) is 4.96. The Balaban J connectivity index is 1.63. The van der Waals surface area contributed by atoms with Crippen molar-refractivity contribution in [3.05, 3.63) is 30.1 Å². The Labute approximate surface area is 104 Å². The van der Waals surface area contributed by atoms with Crippen LogP contribution in [0.2, 0.25) is 0 Å². The maximum atomic E-state index is 4.12. The molecule has 0 radical (unpaired) electrons. The lowest BCUT2D eigenvalue weighted by molar-refractivity contribution is 0.175. The molecule has 2 heterocycles. The molecule has 94 valence electrons. The summed E-state index contributed by atoms with van der Waals surface area (Å²) in [7, 11) is 2.25. The van der Waals surface area contributed by atoms with Crippen molar-refractivity contribution in [2.45, 2.75) is 38.3 Å². The van der Waals surface area contributed by atoms with Crippen LogP contribution in [0.15, 0.2) is 24.5 Å². The van der Waals surface area contributed by atoms with Crippen LogP contribution >= 0.6 is 0 Å². The van der Waals surface area contributed by atoms with Crippen molar-refractivity contribution in [3.63, 3.8) is 0 Å². The molecule has 17 heavy (non-hydrogen) atoms. The smallest absolute Gasteiger partial charge is 0.0312 e. The molecular formula is C14H23N3. The molecule has 1 N–H and O–H groups in total. The lowest BCUT2D eigenvalue weighted by atomic mass is 10.0. The summed E-state index contributed by atoms with van der Waals surface area (Å²) in [6, 6.07) is 4.89. The molecule has 0 bridgehead atoms. The molecule has 0 aliphatic carbocycles. The zero-order valence-corrected chi connectivity index (χ0v) is 10.7. The van der Waals surface area contributed by atoms with E-state index in [9.17, 15) is 0 Å². The van der Waals surface area contributed by atoms with Crippen LogP contribution in [0.3, 0.4) is 0 Å². The molecule has 1 fully saturated rings. The SMILES string of the molecule is CN1CCCCC1CCNCc1cccnc1. The molecular weight excluding hydrogens is 210 g/mol. The monoisotopic (exact) mass is 233 g/mol. The third kappa shape index (κ3) is 4.10. The van der Waals surface area contributed by atoms with Gasteiger partial charge in [0.25, 0.3) is 0 Å². The molecule has 1 aliphatic heterocycles. The number of hydrogen-bond donors (Lipinski definition) is 1. The Kier molecular flexibility index (Phi) is 4.95. The first kappa shape index (κ1) is 12.5. The third-order valence-electron chi connectivity index (χ3n) is 3.63. The first-order valence-electron chi connectivity index (χ1n) is 6.66. The van der Waals surface area contributed by atoms with Crippen molar-refractivity contribution in [2.75, 3.05) is 20.1 Å². The van der Waals surface area contributed by atoms with Crippen molar-refractivity contribution < 1.29 is 0 Å². The van der Waals surface area contributed by atoms with Crippen LogP contribution in [0.1, 0.15) is 31.2 Å². The van der Waals surface area contributed by atoms with E-state index < -0.39 is 0 Å². The van der Waals surface area contributed by atoms with E-state index in [1.807, 2.05) is 18.5 Å². The highest BCUT2D eigenvalue weighted by molar-refractivity contribution is 5.07. The molecule has 1 aliphatic rings. The normalized spacial score (nSPS) is 21.6. The van der Waals surface area contributed by atoms with Crippen LogP contribution in [0, 0.1) is 0 Å². The highest BCUT2D eigenvalue weighted by atomic mass is 15.1. The van der Waals surface area contributed by atoms with Gasteiger partial charge in [-0.1, -0.05) is 12.5 Å². The molecule has 1 aromatic heterocycles. The van der Waals surface area contributed by atoms with Crippen LogP contribution in [0.5, 0.6) is 0 Å². The number of nitrogens with zero attached hydrogens (tertiary/aromatic N) is 2. The van der Waals surface area contributed by atoms with Crippen molar-refractivity contribution in [1.29, 1.82) is 0 Å². The predicted octanol–water partition coefficient (Wildman–Crippen LogP) is 2.05. The predicted molar refractivity (Wildman–Crippen MR) is 70.8 cm³/mol. The molecule has 0 aromatic carbocycles. The number of aromatic nitrogens is 1. The van der Waals surface area contributed by atoms with Gasteiger partial charge in [0.05, 0.1) is 0 Å². The van der Waals surface area contributed by atoms with Crippen molar-refractivity contribution in [2.24, 2.45) is 0 Å². The number of nitrogens with one attached hydrogen (secondary N) is 1. The fourth-order valence-electron chi connectivity index (χ4n) is 2.51. The van der Waals surface area contributed by atoms with E-state index in [0.29, 0.717) is 0 Å². The van der Waals surface area contributed by atoms with Gasteiger partial charge in [-0.3, -0.25) is 4.98 Å². The van der Waals surface area contributed by atoms with Gasteiger partial charge >= 0.3 is 0 Å². The molecule has 0 spiro atoms. The molecule has 3 heteroatoms. The van der Waals surface area contributed by atoms with E-state index in [4.69, 9.17) is 0 Å². The van der Waals surface area contributed by atoms with Gasteiger partial charge in [0.1, 0.15) is 0 Å². The summed E-state index contributed by atoms with van der Waals surface area (Å²) in [4.78, 5) is 6.63. The van der Waals surface area contributed by atoms with Crippen molar-refractivity contribution in [1.82, 2.24) is 15.2 Å². The summed E-state index contributed by atoms with van der Waals surface area (Å²) in [5, 5.41) is 3.50. The molecule has 0 saturated carbocycles. The molecule has 1 aromatic rings. The topological polar surface area (TPSA) is 28.2 Å². The van der Waals surface area contributed by atoms with Crippen LogP contribution in [-0.4, -0.2) is 36.1 Å². The maximum absolute atomic E-state index is 4.12. The lowest BCUT2D eigenvalue weighted by Gasteiger charge is -2.32. The number of rotatable bonds is 5. The molecule has 1 atom stereocenters. The molecule has 0 amide bonds. The number of hydrogen-bond acceptors (Lipinski definition) is 3. The second-order valence-electron chi connectivity index (χ2n) is 4.96. The van der Waals surface area contributed by atoms with Gasteiger partial charge in [-0.25, -0.2) is 0 Å². The van der Waals surface area contributed by atoms with Gasteiger partial charge in [0.2, 0.25) is 0 Å². The van der Waals surface area contributed by atoms with Gasteiger partial charge < -0.3 is 10.2 Å². The lowest BCUT2D eigenvalue weighted by Crippen LogP contribution is -2.38. The molecule has 2 rings (SSSR count). The third-order valence-corrected chi connectivity index (χ3v) is 3.63. The van der Waals surface area contributed by atoms with Crippen LogP contribution in [-0.2, 0) is 6.54 Å². The average Bonchev–Trinajstić information content (AvgIpc) is 2.38. The Bertz CT molecular complexity index is 313. The van der Waals surface area contributed by atoms with Crippen LogP contribution in [0.25, 0.3) is 0 Å². The number of pyridine rings is 1. The molecule has 1 unspecified atom stereocenters. The zero-order chi connectivity index (χ0) is 11.9. The highest BCUT2D eigenvalue weighted by Crippen LogP contribution is 2.17. The Morgan fingerprint density at radius 2 is 2.41 bits per heavy atom.